The lowest BCUT2D eigenvalue weighted by atomic mass is 10.1. The predicted octanol–water partition coefficient (Wildman–Crippen LogP) is 0.650. The number of benzene rings is 1. The van der Waals surface area contributed by atoms with Crippen LogP contribution in [0.15, 0.2) is 24.3 Å². The van der Waals surface area contributed by atoms with Crippen LogP contribution in [0.2, 0.25) is 0 Å². The van der Waals surface area contributed by atoms with Crippen molar-refractivity contribution in [2.24, 2.45) is 0 Å². The van der Waals surface area contributed by atoms with Crippen molar-refractivity contribution in [3.8, 4) is 0 Å². The van der Waals surface area contributed by atoms with Gasteiger partial charge in [0.25, 0.3) is 0 Å². The molecule has 0 aliphatic carbocycles. The summed E-state index contributed by atoms with van der Waals surface area (Å²) in [4.78, 5) is 0. The Hall–Kier alpha value is -1.06. The first-order valence-corrected chi connectivity index (χ1v) is 3.62. The molecular weight excluding hydrogens is 140 g/mol. The molecule has 1 heterocycles. The average molecular weight is 150 g/mol. The topological polar surface area (TPSA) is 44.3 Å². The third-order valence-electron chi connectivity index (χ3n) is 1.83. The maximum Gasteiger partial charge on any atom is 0.134 e. The highest BCUT2D eigenvalue weighted by Gasteiger charge is 2.14. The van der Waals surface area contributed by atoms with Crippen molar-refractivity contribution in [1.82, 2.24) is 5.32 Å². The normalized spacial score (nSPS) is 22.1. The van der Waals surface area contributed by atoms with Crippen LogP contribution in [0.25, 0.3) is 0 Å². The zero-order valence-electron chi connectivity index (χ0n) is 6.04. The molecule has 0 aromatic heterocycles. The number of fused-ring (bicyclic) bond motifs is 1. The highest BCUT2D eigenvalue weighted by molar-refractivity contribution is 5.53. The third-order valence-corrected chi connectivity index (χ3v) is 1.83. The molecule has 0 spiro atoms. The summed E-state index contributed by atoms with van der Waals surface area (Å²) in [6.45, 7) is 0.623. The largest absolute Gasteiger partial charge is 0.374 e. The van der Waals surface area contributed by atoms with Crippen LogP contribution < -0.4 is 10.6 Å². The fourth-order valence-electron chi connectivity index (χ4n) is 1.25. The lowest BCUT2D eigenvalue weighted by molar-refractivity contribution is 0.139. The minimum Gasteiger partial charge on any atom is -0.374 e. The van der Waals surface area contributed by atoms with Gasteiger partial charge in [-0.2, -0.15) is 0 Å². The van der Waals surface area contributed by atoms with Crippen LogP contribution >= 0.6 is 0 Å². The SMILES string of the molecule is OC1NCNc2ccccc21. The molecule has 3 N–H and O–H groups in total. The fourth-order valence-corrected chi connectivity index (χ4v) is 1.25. The van der Waals surface area contributed by atoms with E-state index in [2.05, 4.69) is 10.6 Å². The Morgan fingerprint density at radius 2 is 2.18 bits per heavy atom. The summed E-state index contributed by atoms with van der Waals surface area (Å²) in [5.41, 5.74) is 1.93. The second-order valence-electron chi connectivity index (χ2n) is 2.55. The standard InChI is InChI=1S/C8H10N2O/c11-8-6-3-1-2-4-7(6)9-5-10-8/h1-4,8-11H,5H2. The molecule has 0 radical (unpaired) electrons. The molecule has 0 amide bonds. The zero-order chi connectivity index (χ0) is 7.68. The maximum absolute atomic E-state index is 9.41. The Morgan fingerprint density at radius 3 is 3.00 bits per heavy atom. The Labute approximate surface area is 65.0 Å². The number of aliphatic hydroxyl groups is 1. The van der Waals surface area contributed by atoms with Gasteiger partial charge in [-0.1, -0.05) is 18.2 Å². The second kappa shape index (κ2) is 2.53. The molecule has 3 heteroatoms. The van der Waals surface area contributed by atoms with Crippen molar-refractivity contribution in [2.45, 2.75) is 6.23 Å². The van der Waals surface area contributed by atoms with Crippen LogP contribution in [0.4, 0.5) is 5.69 Å². The minimum atomic E-state index is -0.521. The third kappa shape index (κ3) is 1.08. The van der Waals surface area contributed by atoms with E-state index in [1.807, 2.05) is 24.3 Å². The van der Waals surface area contributed by atoms with Gasteiger partial charge >= 0.3 is 0 Å². The number of anilines is 1. The van der Waals surface area contributed by atoms with Crippen LogP contribution in [0, 0.1) is 0 Å². The van der Waals surface area contributed by atoms with Gasteiger partial charge < -0.3 is 10.4 Å². The van der Waals surface area contributed by atoms with Crippen LogP contribution in [-0.2, 0) is 0 Å². The van der Waals surface area contributed by atoms with Gasteiger partial charge in [-0.15, -0.1) is 0 Å². The molecule has 0 fully saturated rings. The van der Waals surface area contributed by atoms with Crippen LogP contribution in [0.1, 0.15) is 11.8 Å². The van der Waals surface area contributed by atoms with E-state index in [1.165, 1.54) is 0 Å². The molecular formula is C8H10N2O. The monoisotopic (exact) mass is 150 g/mol. The lowest BCUT2D eigenvalue weighted by Crippen LogP contribution is -2.32. The van der Waals surface area contributed by atoms with Gasteiger partial charge in [0.2, 0.25) is 0 Å². The Balaban J connectivity index is 2.44. The van der Waals surface area contributed by atoms with Gasteiger partial charge in [0.05, 0.1) is 6.67 Å². The molecule has 1 atom stereocenters. The zero-order valence-corrected chi connectivity index (χ0v) is 6.04. The van der Waals surface area contributed by atoms with E-state index in [0.29, 0.717) is 6.67 Å². The molecule has 0 saturated heterocycles. The van der Waals surface area contributed by atoms with E-state index in [9.17, 15) is 5.11 Å². The summed E-state index contributed by atoms with van der Waals surface area (Å²) in [5.74, 6) is 0. The molecule has 1 aromatic carbocycles. The molecule has 3 nitrogen and oxygen atoms in total. The van der Waals surface area contributed by atoms with Gasteiger partial charge in [-0.05, 0) is 6.07 Å². The summed E-state index contributed by atoms with van der Waals surface area (Å²) in [6, 6.07) is 7.72. The predicted molar refractivity (Wildman–Crippen MR) is 43.0 cm³/mol. The molecule has 1 aromatic rings. The Morgan fingerprint density at radius 1 is 1.36 bits per heavy atom. The molecule has 1 aliphatic heterocycles. The lowest BCUT2D eigenvalue weighted by Gasteiger charge is -2.23. The van der Waals surface area contributed by atoms with Gasteiger partial charge in [0.1, 0.15) is 6.23 Å². The van der Waals surface area contributed by atoms with E-state index in [0.717, 1.165) is 11.3 Å². The maximum atomic E-state index is 9.41. The van der Waals surface area contributed by atoms with Gasteiger partial charge in [0, 0.05) is 11.3 Å². The van der Waals surface area contributed by atoms with Crippen LogP contribution in [-0.4, -0.2) is 11.8 Å². The molecule has 1 unspecified atom stereocenters. The smallest absolute Gasteiger partial charge is 0.134 e. The number of hydrogen-bond acceptors (Lipinski definition) is 3. The van der Waals surface area contributed by atoms with E-state index in [4.69, 9.17) is 0 Å². The molecule has 58 valence electrons. The number of para-hydroxylation sites is 1. The van der Waals surface area contributed by atoms with Crippen molar-refractivity contribution < 1.29 is 5.11 Å². The summed E-state index contributed by atoms with van der Waals surface area (Å²) in [7, 11) is 0. The summed E-state index contributed by atoms with van der Waals surface area (Å²) >= 11 is 0. The number of aliphatic hydroxyl groups excluding tert-OH is 1. The fraction of sp³-hybridized carbons (Fsp3) is 0.250. The van der Waals surface area contributed by atoms with E-state index in [1.54, 1.807) is 0 Å². The van der Waals surface area contributed by atoms with Gasteiger partial charge in [-0.3, -0.25) is 5.32 Å². The van der Waals surface area contributed by atoms with E-state index in [-0.39, 0.29) is 0 Å². The van der Waals surface area contributed by atoms with E-state index >= 15 is 0 Å². The second-order valence-corrected chi connectivity index (χ2v) is 2.55. The molecule has 1 aliphatic rings. The summed E-state index contributed by atoms with van der Waals surface area (Å²) in [6.07, 6.45) is -0.521. The first kappa shape index (κ1) is 6.64. The Bertz CT molecular complexity index is 262. The highest BCUT2D eigenvalue weighted by Crippen LogP contribution is 2.23. The van der Waals surface area contributed by atoms with Crippen molar-refractivity contribution in [3.63, 3.8) is 0 Å². The average Bonchev–Trinajstić information content (AvgIpc) is 2.06. The minimum absolute atomic E-state index is 0.521. The summed E-state index contributed by atoms with van der Waals surface area (Å²) < 4.78 is 0. The van der Waals surface area contributed by atoms with Gasteiger partial charge in [-0.25, -0.2) is 0 Å². The molecule has 0 bridgehead atoms. The first-order chi connectivity index (χ1) is 5.38. The van der Waals surface area contributed by atoms with Crippen LogP contribution in [0.5, 0.6) is 0 Å². The number of nitrogens with one attached hydrogen (secondary N) is 2. The van der Waals surface area contributed by atoms with Crippen molar-refractivity contribution in [1.29, 1.82) is 0 Å². The first-order valence-electron chi connectivity index (χ1n) is 3.62. The van der Waals surface area contributed by atoms with Crippen molar-refractivity contribution >= 4 is 5.69 Å². The highest BCUT2D eigenvalue weighted by atomic mass is 16.3. The van der Waals surface area contributed by atoms with E-state index < -0.39 is 6.23 Å². The molecule has 11 heavy (non-hydrogen) atoms. The van der Waals surface area contributed by atoms with Crippen molar-refractivity contribution in [3.05, 3.63) is 29.8 Å². The molecule has 2 rings (SSSR count). The quantitative estimate of drug-likeness (QED) is 0.508. The Kier molecular flexibility index (Phi) is 1.52. The van der Waals surface area contributed by atoms with Crippen molar-refractivity contribution in [2.75, 3.05) is 12.0 Å². The number of rotatable bonds is 0. The number of hydrogen-bond donors (Lipinski definition) is 3. The van der Waals surface area contributed by atoms with Gasteiger partial charge in [0.15, 0.2) is 0 Å². The summed E-state index contributed by atoms with van der Waals surface area (Å²) in [5, 5.41) is 15.4. The van der Waals surface area contributed by atoms with Crippen LogP contribution in [0.3, 0.4) is 0 Å². The molecule has 0 saturated carbocycles.